The average Bonchev–Trinajstić information content (AvgIpc) is 2.66. The van der Waals surface area contributed by atoms with Gasteiger partial charge in [0.05, 0.1) is 22.5 Å². The minimum atomic E-state index is -3.78. The second-order valence-corrected chi connectivity index (χ2v) is 7.92. The number of carbonyl (C=O) groups is 1. The van der Waals surface area contributed by atoms with Crippen LogP contribution in [0.4, 0.5) is 20.2 Å². The topological polar surface area (TPSA) is 88.2 Å². The smallest absolute Gasteiger partial charge is 0.257 e. The zero-order valence-corrected chi connectivity index (χ0v) is 15.7. The fraction of sp³-hybridized carbons (Fsp3) is 0.158. The van der Waals surface area contributed by atoms with Crippen molar-refractivity contribution in [2.45, 2.75) is 13.3 Å². The molecule has 1 heterocycles. The molecule has 1 amide bonds. The third-order valence-corrected chi connectivity index (χ3v) is 5.40. The number of rotatable bonds is 6. The Bertz CT molecular complexity index is 1150. The lowest BCUT2D eigenvalue weighted by atomic mass is 10.1. The molecule has 0 radical (unpaired) electrons. The van der Waals surface area contributed by atoms with Gasteiger partial charge in [0.2, 0.25) is 10.0 Å². The first-order chi connectivity index (χ1) is 13.3. The number of sulfonamides is 1. The molecule has 3 aromatic rings. The van der Waals surface area contributed by atoms with Crippen molar-refractivity contribution in [3.8, 4) is 0 Å². The van der Waals surface area contributed by atoms with E-state index in [0.717, 1.165) is 12.1 Å². The monoisotopic (exact) mass is 405 g/mol. The normalized spacial score (nSPS) is 11.4. The molecule has 0 aliphatic heterocycles. The number of hydrogen-bond acceptors (Lipinski definition) is 4. The van der Waals surface area contributed by atoms with Crippen molar-refractivity contribution in [3.63, 3.8) is 0 Å². The lowest BCUT2D eigenvalue weighted by Gasteiger charge is -2.13. The number of hydrogen-bond donors (Lipinski definition) is 2. The van der Waals surface area contributed by atoms with E-state index in [1.165, 1.54) is 6.20 Å². The van der Waals surface area contributed by atoms with Crippen molar-refractivity contribution in [1.29, 1.82) is 0 Å². The van der Waals surface area contributed by atoms with Gasteiger partial charge in [-0.05, 0) is 30.7 Å². The maximum atomic E-state index is 14.6. The van der Waals surface area contributed by atoms with Crippen molar-refractivity contribution >= 4 is 38.2 Å². The van der Waals surface area contributed by atoms with Crippen molar-refractivity contribution in [3.05, 3.63) is 65.9 Å². The van der Waals surface area contributed by atoms with Crippen molar-refractivity contribution < 1.29 is 22.0 Å². The van der Waals surface area contributed by atoms with Crippen LogP contribution >= 0.6 is 0 Å². The quantitative estimate of drug-likeness (QED) is 0.651. The highest BCUT2D eigenvalue weighted by Crippen LogP contribution is 2.27. The van der Waals surface area contributed by atoms with E-state index in [1.807, 2.05) is 0 Å². The number of amides is 1. The predicted molar refractivity (Wildman–Crippen MR) is 104 cm³/mol. The van der Waals surface area contributed by atoms with E-state index in [0.29, 0.717) is 17.3 Å². The van der Waals surface area contributed by atoms with E-state index in [2.05, 4.69) is 15.0 Å². The number of fused-ring (bicyclic) bond motifs is 1. The highest BCUT2D eigenvalue weighted by Gasteiger charge is 2.20. The van der Waals surface area contributed by atoms with Gasteiger partial charge in [0, 0.05) is 11.6 Å². The Labute approximate surface area is 160 Å². The van der Waals surface area contributed by atoms with Gasteiger partial charge >= 0.3 is 0 Å². The molecule has 0 saturated carbocycles. The predicted octanol–water partition coefficient (Wildman–Crippen LogP) is 3.92. The van der Waals surface area contributed by atoms with Crippen LogP contribution in [0.2, 0.25) is 0 Å². The van der Waals surface area contributed by atoms with E-state index >= 15 is 0 Å². The molecule has 0 aliphatic carbocycles. The van der Waals surface area contributed by atoms with Crippen LogP contribution in [0, 0.1) is 11.6 Å². The molecule has 0 bridgehead atoms. The lowest BCUT2D eigenvalue weighted by molar-refractivity contribution is 0.102. The molecule has 0 aliphatic rings. The Kier molecular flexibility index (Phi) is 5.55. The molecule has 3 rings (SSSR count). The minimum absolute atomic E-state index is 0.106. The molecule has 146 valence electrons. The van der Waals surface area contributed by atoms with Gasteiger partial charge in [0.15, 0.2) is 5.82 Å². The summed E-state index contributed by atoms with van der Waals surface area (Å²) in [5.74, 6) is -3.22. The van der Waals surface area contributed by atoms with Gasteiger partial charge in [-0.3, -0.25) is 14.5 Å². The summed E-state index contributed by atoms with van der Waals surface area (Å²) in [6.45, 7) is 1.66. The van der Waals surface area contributed by atoms with Crippen LogP contribution in [-0.2, 0) is 10.0 Å². The van der Waals surface area contributed by atoms with Crippen LogP contribution < -0.4 is 10.0 Å². The summed E-state index contributed by atoms with van der Waals surface area (Å²) < 4.78 is 54.5. The molecule has 1 aromatic heterocycles. The molecule has 2 N–H and O–H groups in total. The van der Waals surface area contributed by atoms with E-state index in [1.54, 1.807) is 37.3 Å². The average molecular weight is 405 g/mol. The summed E-state index contributed by atoms with van der Waals surface area (Å²) in [4.78, 5) is 16.6. The first-order valence-electron chi connectivity index (χ1n) is 8.45. The number of nitrogens with one attached hydrogen (secondary N) is 2. The number of anilines is 2. The Morgan fingerprint density at radius 2 is 1.89 bits per heavy atom. The summed E-state index contributed by atoms with van der Waals surface area (Å²) in [5.41, 5.74) is -0.408. The molecule has 2 aromatic carbocycles. The SMILES string of the molecule is CCCS(=O)(=O)Nc1ccc(F)c(NC(=O)c2cnc3ccccc3c2)c1F. The Balaban J connectivity index is 1.90. The number of para-hydroxylation sites is 1. The fourth-order valence-electron chi connectivity index (χ4n) is 2.61. The number of carbonyl (C=O) groups excluding carboxylic acids is 1. The van der Waals surface area contributed by atoms with Crippen LogP contribution in [0.3, 0.4) is 0 Å². The van der Waals surface area contributed by atoms with Crippen molar-refractivity contribution in [2.75, 3.05) is 15.8 Å². The van der Waals surface area contributed by atoms with Gasteiger partial charge < -0.3 is 5.32 Å². The van der Waals surface area contributed by atoms with Gasteiger partial charge in [-0.15, -0.1) is 0 Å². The molecule has 6 nitrogen and oxygen atoms in total. The van der Waals surface area contributed by atoms with Crippen LogP contribution in [0.25, 0.3) is 10.9 Å². The fourth-order valence-corrected chi connectivity index (χ4v) is 3.75. The summed E-state index contributed by atoms with van der Waals surface area (Å²) in [6, 6.07) is 10.5. The largest absolute Gasteiger partial charge is 0.317 e. The van der Waals surface area contributed by atoms with Crippen LogP contribution in [0.1, 0.15) is 23.7 Å². The van der Waals surface area contributed by atoms with E-state index in [-0.39, 0.29) is 11.3 Å². The molecule has 0 saturated heterocycles. The van der Waals surface area contributed by atoms with Crippen molar-refractivity contribution in [2.24, 2.45) is 0 Å². The zero-order chi connectivity index (χ0) is 20.3. The molecule has 28 heavy (non-hydrogen) atoms. The Morgan fingerprint density at radius 1 is 1.14 bits per heavy atom. The van der Waals surface area contributed by atoms with Crippen LogP contribution in [0.15, 0.2) is 48.7 Å². The van der Waals surface area contributed by atoms with Gasteiger partial charge in [0.1, 0.15) is 11.5 Å². The van der Waals surface area contributed by atoms with Crippen molar-refractivity contribution in [1.82, 2.24) is 4.98 Å². The maximum absolute atomic E-state index is 14.6. The molecule has 0 spiro atoms. The van der Waals surface area contributed by atoms with E-state index < -0.39 is 38.9 Å². The number of benzene rings is 2. The molecule has 0 fully saturated rings. The molecule has 9 heteroatoms. The Morgan fingerprint density at radius 3 is 2.64 bits per heavy atom. The second-order valence-electron chi connectivity index (χ2n) is 6.08. The van der Waals surface area contributed by atoms with Gasteiger partial charge in [-0.2, -0.15) is 0 Å². The summed E-state index contributed by atoms with van der Waals surface area (Å²) in [6.07, 6.45) is 1.62. The zero-order valence-electron chi connectivity index (χ0n) is 14.9. The van der Waals surface area contributed by atoms with Gasteiger partial charge in [-0.1, -0.05) is 25.1 Å². The molecule has 0 atom stereocenters. The molecule has 0 unspecified atom stereocenters. The maximum Gasteiger partial charge on any atom is 0.257 e. The standard InChI is InChI=1S/C19H17F2N3O3S/c1-2-9-28(26,27)24-16-8-7-14(20)18(17(16)21)23-19(25)13-10-12-5-3-4-6-15(12)22-11-13/h3-8,10-11,24H,2,9H2,1H3,(H,23,25). The number of halogens is 2. The molecular weight excluding hydrogens is 388 g/mol. The number of aromatic nitrogens is 1. The highest BCUT2D eigenvalue weighted by atomic mass is 32.2. The third kappa shape index (κ3) is 4.25. The second kappa shape index (κ2) is 7.89. The summed E-state index contributed by atoms with van der Waals surface area (Å²) in [7, 11) is -3.78. The van der Waals surface area contributed by atoms with Crippen LogP contribution in [0.5, 0.6) is 0 Å². The van der Waals surface area contributed by atoms with E-state index in [9.17, 15) is 22.0 Å². The summed E-state index contributed by atoms with van der Waals surface area (Å²) in [5, 5.41) is 2.85. The lowest BCUT2D eigenvalue weighted by Crippen LogP contribution is -2.19. The third-order valence-electron chi connectivity index (χ3n) is 3.92. The highest BCUT2D eigenvalue weighted by molar-refractivity contribution is 7.92. The summed E-state index contributed by atoms with van der Waals surface area (Å²) >= 11 is 0. The number of pyridine rings is 1. The minimum Gasteiger partial charge on any atom is -0.317 e. The molecular formula is C19H17F2N3O3S. The number of nitrogens with zero attached hydrogens (tertiary/aromatic N) is 1. The first-order valence-corrected chi connectivity index (χ1v) is 10.1. The Hall–Kier alpha value is -3.07. The van der Waals surface area contributed by atoms with Crippen LogP contribution in [-0.4, -0.2) is 25.1 Å². The van der Waals surface area contributed by atoms with Gasteiger partial charge in [-0.25, -0.2) is 17.2 Å². The first kappa shape index (κ1) is 19.7. The van der Waals surface area contributed by atoms with Gasteiger partial charge in [0.25, 0.3) is 5.91 Å². The van der Waals surface area contributed by atoms with E-state index in [4.69, 9.17) is 0 Å².